The van der Waals surface area contributed by atoms with E-state index in [1.54, 1.807) is 0 Å². The second-order valence-electron chi connectivity index (χ2n) is 7.37. The number of amides is 2. The SMILES string of the molecule is Cc1oc(C(=O)NNC(=O)c2cccc(S(=O)(=O)N(C)C)c2)cc1S(=O)(=O)N1CCCC1. The zero-order valence-corrected chi connectivity index (χ0v) is 19.4. The average molecular weight is 485 g/mol. The van der Waals surface area contributed by atoms with Gasteiger partial charge in [0.1, 0.15) is 10.7 Å². The number of carbonyl (C=O) groups is 2. The number of furan rings is 1. The topological polar surface area (TPSA) is 146 Å². The predicted molar refractivity (Wildman–Crippen MR) is 114 cm³/mol. The van der Waals surface area contributed by atoms with E-state index in [-0.39, 0.29) is 26.9 Å². The van der Waals surface area contributed by atoms with Crippen LogP contribution in [0.3, 0.4) is 0 Å². The van der Waals surface area contributed by atoms with E-state index in [4.69, 9.17) is 4.42 Å². The molecule has 1 fully saturated rings. The van der Waals surface area contributed by atoms with Crippen molar-refractivity contribution in [1.82, 2.24) is 19.5 Å². The Morgan fingerprint density at radius 1 is 1.00 bits per heavy atom. The molecule has 0 unspecified atom stereocenters. The molecule has 2 aromatic rings. The highest BCUT2D eigenvalue weighted by Gasteiger charge is 2.31. The molecule has 1 saturated heterocycles. The molecule has 1 aliphatic heterocycles. The van der Waals surface area contributed by atoms with Crippen molar-refractivity contribution in [3.8, 4) is 0 Å². The third-order valence-corrected chi connectivity index (χ3v) is 8.76. The summed E-state index contributed by atoms with van der Waals surface area (Å²) in [6.45, 7) is 2.26. The van der Waals surface area contributed by atoms with Crippen molar-refractivity contribution in [2.24, 2.45) is 0 Å². The Morgan fingerprint density at radius 2 is 1.62 bits per heavy atom. The fourth-order valence-corrected chi connectivity index (χ4v) is 5.78. The lowest BCUT2D eigenvalue weighted by Gasteiger charge is -2.14. The Hall–Kier alpha value is -2.74. The van der Waals surface area contributed by atoms with Gasteiger partial charge in [-0.2, -0.15) is 4.31 Å². The summed E-state index contributed by atoms with van der Waals surface area (Å²) in [5.41, 5.74) is 4.30. The smallest absolute Gasteiger partial charge is 0.305 e. The Morgan fingerprint density at radius 3 is 2.25 bits per heavy atom. The first kappa shape index (κ1) is 23.9. The highest BCUT2D eigenvalue weighted by molar-refractivity contribution is 7.89. The number of hydrogen-bond acceptors (Lipinski definition) is 7. The summed E-state index contributed by atoms with van der Waals surface area (Å²) >= 11 is 0. The van der Waals surface area contributed by atoms with Crippen molar-refractivity contribution in [3.05, 3.63) is 47.4 Å². The van der Waals surface area contributed by atoms with Crippen LogP contribution in [0.1, 0.15) is 39.5 Å². The second kappa shape index (κ2) is 9.02. The van der Waals surface area contributed by atoms with Crippen LogP contribution in [0.2, 0.25) is 0 Å². The van der Waals surface area contributed by atoms with E-state index in [0.717, 1.165) is 23.2 Å². The Bertz CT molecular complexity index is 1240. The van der Waals surface area contributed by atoms with Crippen LogP contribution in [0.5, 0.6) is 0 Å². The number of sulfonamides is 2. The number of aryl methyl sites for hydroxylation is 1. The summed E-state index contributed by atoms with van der Waals surface area (Å²) in [4.78, 5) is 24.6. The van der Waals surface area contributed by atoms with E-state index in [9.17, 15) is 26.4 Å². The Balaban J connectivity index is 1.71. The molecule has 0 spiro atoms. The van der Waals surface area contributed by atoms with Crippen molar-refractivity contribution in [2.45, 2.75) is 29.6 Å². The van der Waals surface area contributed by atoms with E-state index < -0.39 is 31.9 Å². The predicted octanol–water partition coefficient (Wildman–Crippen LogP) is 0.698. The van der Waals surface area contributed by atoms with Gasteiger partial charge in [0.2, 0.25) is 20.0 Å². The normalized spacial score (nSPS) is 15.1. The van der Waals surface area contributed by atoms with E-state index in [1.165, 1.54) is 49.6 Å². The summed E-state index contributed by atoms with van der Waals surface area (Å²) < 4.78 is 57.5. The zero-order valence-electron chi connectivity index (χ0n) is 17.8. The highest BCUT2D eigenvalue weighted by atomic mass is 32.2. The van der Waals surface area contributed by atoms with E-state index in [0.29, 0.717) is 13.1 Å². The first-order chi connectivity index (χ1) is 14.9. The number of hydrazine groups is 1. The van der Waals surface area contributed by atoms with Crippen molar-refractivity contribution in [1.29, 1.82) is 0 Å². The molecule has 11 nitrogen and oxygen atoms in total. The lowest BCUT2D eigenvalue weighted by molar-refractivity contribution is 0.0830. The van der Waals surface area contributed by atoms with Crippen LogP contribution in [-0.2, 0) is 20.0 Å². The van der Waals surface area contributed by atoms with Crippen LogP contribution in [0.15, 0.2) is 44.5 Å². The molecular weight excluding hydrogens is 460 g/mol. The van der Waals surface area contributed by atoms with E-state index in [1.807, 2.05) is 0 Å². The molecule has 0 atom stereocenters. The van der Waals surface area contributed by atoms with Crippen molar-refractivity contribution in [3.63, 3.8) is 0 Å². The molecule has 174 valence electrons. The van der Waals surface area contributed by atoms with Crippen LogP contribution in [0, 0.1) is 6.92 Å². The van der Waals surface area contributed by atoms with Gasteiger partial charge in [-0.25, -0.2) is 21.1 Å². The maximum absolute atomic E-state index is 12.7. The van der Waals surface area contributed by atoms with Crippen molar-refractivity contribution >= 4 is 31.9 Å². The minimum atomic E-state index is -3.77. The van der Waals surface area contributed by atoms with Crippen molar-refractivity contribution < 1.29 is 30.8 Å². The number of nitrogens with one attached hydrogen (secondary N) is 2. The molecule has 2 amide bonds. The Kier molecular flexibility index (Phi) is 6.74. The molecule has 0 bridgehead atoms. The molecule has 1 aromatic carbocycles. The minimum absolute atomic E-state index is 0.00107. The fourth-order valence-electron chi connectivity index (χ4n) is 3.16. The van der Waals surface area contributed by atoms with Crippen LogP contribution in [0.25, 0.3) is 0 Å². The van der Waals surface area contributed by atoms with E-state index in [2.05, 4.69) is 10.9 Å². The van der Waals surface area contributed by atoms with Crippen LogP contribution in [-0.4, -0.2) is 64.4 Å². The molecule has 2 heterocycles. The average Bonchev–Trinajstić information content (AvgIpc) is 3.42. The maximum Gasteiger partial charge on any atom is 0.305 e. The first-order valence-electron chi connectivity index (χ1n) is 9.68. The second-order valence-corrected chi connectivity index (χ2v) is 11.4. The van der Waals surface area contributed by atoms with Gasteiger partial charge >= 0.3 is 5.91 Å². The molecule has 2 N–H and O–H groups in total. The third-order valence-electron chi connectivity index (χ3n) is 4.94. The Labute approximate surface area is 186 Å². The third kappa shape index (κ3) is 4.70. The van der Waals surface area contributed by atoms with Gasteiger partial charge in [-0.05, 0) is 38.0 Å². The molecule has 1 aromatic heterocycles. The summed E-state index contributed by atoms with van der Waals surface area (Å²) in [5.74, 6) is -1.84. The van der Waals surface area contributed by atoms with Gasteiger partial charge in [0.25, 0.3) is 5.91 Å². The van der Waals surface area contributed by atoms with Gasteiger partial charge in [-0.3, -0.25) is 20.4 Å². The summed E-state index contributed by atoms with van der Waals surface area (Å²) in [6.07, 6.45) is 1.54. The summed E-state index contributed by atoms with van der Waals surface area (Å²) in [6, 6.07) is 6.43. The number of carbonyl (C=O) groups excluding carboxylic acids is 2. The molecule has 0 radical (unpaired) electrons. The fraction of sp³-hybridized carbons (Fsp3) is 0.368. The summed E-state index contributed by atoms with van der Waals surface area (Å²) in [5, 5.41) is 0. The van der Waals surface area contributed by atoms with Gasteiger partial charge in [0.05, 0.1) is 4.90 Å². The molecule has 32 heavy (non-hydrogen) atoms. The van der Waals surface area contributed by atoms with Gasteiger partial charge < -0.3 is 4.42 Å². The van der Waals surface area contributed by atoms with E-state index >= 15 is 0 Å². The van der Waals surface area contributed by atoms with Crippen LogP contribution in [0.4, 0.5) is 0 Å². The van der Waals surface area contributed by atoms with Gasteiger partial charge in [0, 0.05) is 38.8 Å². The molecule has 13 heteroatoms. The van der Waals surface area contributed by atoms with Crippen LogP contribution >= 0.6 is 0 Å². The highest BCUT2D eigenvalue weighted by Crippen LogP contribution is 2.26. The number of rotatable bonds is 6. The zero-order chi connectivity index (χ0) is 23.7. The van der Waals surface area contributed by atoms with Gasteiger partial charge in [-0.1, -0.05) is 6.07 Å². The standard InChI is InChI=1S/C19H24N4O7S2/c1-13-17(32(28,29)23-9-4-5-10-23)12-16(30-13)19(25)21-20-18(24)14-7-6-8-15(11-14)31(26,27)22(2)3/h6-8,11-12H,4-5,9-10H2,1-3H3,(H,20,24)(H,21,25). The van der Waals surface area contributed by atoms with Gasteiger partial charge in [0.15, 0.2) is 5.76 Å². The first-order valence-corrected chi connectivity index (χ1v) is 12.6. The van der Waals surface area contributed by atoms with Crippen molar-refractivity contribution in [2.75, 3.05) is 27.2 Å². The number of benzene rings is 1. The molecule has 1 aliphatic rings. The molecule has 0 aliphatic carbocycles. The monoisotopic (exact) mass is 484 g/mol. The maximum atomic E-state index is 12.7. The lowest BCUT2D eigenvalue weighted by Crippen LogP contribution is -2.41. The molecule has 0 saturated carbocycles. The lowest BCUT2D eigenvalue weighted by atomic mass is 10.2. The largest absolute Gasteiger partial charge is 0.455 e. The molecular formula is C19H24N4O7S2. The van der Waals surface area contributed by atoms with Crippen LogP contribution < -0.4 is 10.9 Å². The number of hydrogen-bond donors (Lipinski definition) is 2. The quantitative estimate of drug-likeness (QED) is 0.574. The number of nitrogens with zero attached hydrogens (tertiary/aromatic N) is 2. The summed E-state index contributed by atoms with van der Waals surface area (Å²) in [7, 11) is -4.78. The molecule has 3 rings (SSSR count). The minimum Gasteiger partial charge on any atom is -0.455 e. The van der Waals surface area contributed by atoms with Gasteiger partial charge in [-0.15, -0.1) is 0 Å².